The third-order valence-electron chi connectivity index (χ3n) is 11.6. The van der Waals surface area contributed by atoms with Gasteiger partial charge in [-0.05, 0) is 66.7 Å². The molecule has 49 heavy (non-hydrogen) atoms. The largest absolute Gasteiger partial charge is 0.459 e. The van der Waals surface area contributed by atoms with Crippen molar-refractivity contribution in [2.75, 3.05) is 7.11 Å². The van der Waals surface area contributed by atoms with Crippen LogP contribution in [-0.2, 0) is 33.2 Å². The minimum absolute atomic E-state index is 0.0699. The Balaban J connectivity index is 2.16. The molecule has 288 valence electrons. The Bertz CT molecular complexity index is 1080. The number of aliphatic hydroxyl groups excluding tert-OH is 3. The van der Waals surface area contributed by atoms with Gasteiger partial charge in [-0.1, -0.05) is 27.7 Å². The lowest BCUT2D eigenvalue weighted by Crippen LogP contribution is -2.61. The number of nitrogens with two attached hydrogens (primary N) is 2. The van der Waals surface area contributed by atoms with Crippen molar-refractivity contribution in [2.45, 2.75) is 185 Å². The molecule has 19 unspecified atom stereocenters. The maximum atomic E-state index is 14.0. The van der Waals surface area contributed by atoms with E-state index < -0.39 is 114 Å². The summed E-state index contributed by atoms with van der Waals surface area (Å²) in [6.07, 6.45) is -9.23. The van der Waals surface area contributed by atoms with Crippen molar-refractivity contribution in [2.24, 2.45) is 35.1 Å². The average molecular weight is 707 g/mol. The first-order chi connectivity index (χ1) is 22.5. The van der Waals surface area contributed by atoms with Crippen molar-refractivity contribution >= 4 is 5.97 Å². The fourth-order valence-electron chi connectivity index (χ4n) is 8.18. The summed E-state index contributed by atoms with van der Waals surface area (Å²) in [5.74, 6) is -3.63. The summed E-state index contributed by atoms with van der Waals surface area (Å²) < 4.78 is 36.8. The molecule has 0 aromatic rings. The van der Waals surface area contributed by atoms with E-state index in [-0.39, 0.29) is 25.4 Å². The van der Waals surface area contributed by atoms with Gasteiger partial charge in [0.15, 0.2) is 12.6 Å². The molecule has 3 saturated heterocycles. The molecule has 19 atom stereocenters. The Labute approximate surface area is 292 Å². The normalized spacial score (nSPS) is 52.7. The number of carbonyl (C=O) groups is 1. The summed E-state index contributed by atoms with van der Waals surface area (Å²) in [6, 6.07) is -1.34. The van der Waals surface area contributed by atoms with Gasteiger partial charge in [-0.25, -0.2) is 0 Å². The molecule has 3 aliphatic heterocycles. The van der Waals surface area contributed by atoms with Gasteiger partial charge in [0.05, 0.1) is 47.6 Å². The third-order valence-corrected chi connectivity index (χ3v) is 11.6. The second-order valence-corrected chi connectivity index (χ2v) is 15.9. The van der Waals surface area contributed by atoms with Gasteiger partial charge in [-0.2, -0.15) is 0 Å². The van der Waals surface area contributed by atoms with Crippen LogP contribution in [0.5, 0.6) is 0 Å². The number of hydrogen-bond acceptors (Lipinski definition) is 14. The first-order valence-electron chi connectivity index (χ1n) is 17.9. The highest BCUT2D eigenvalue weighted by atomic mass is 16.7. The van der Waals surface area contributed by atoms with Crippen molar-refractivity contribution in [1.82, 2.24) is 0 Å². The molecule has 14 nitrogen and oxygen atoms in total. The topological polar surface area (TPSA) is 226 Å². The van der Waals surface area contributed by atoms with E-state index in [0.717, 1.165) is 0 Å². The van der Waals surface area contributed by atoms with E-state index in [0.29, 0.717) is 6.42 Å². The highest BCUT2D eigenvalue weighted by Gasteiger charge is 2.53. The minimum Gasteiger partial charge on any atom is -0.459 e. The van der Waals surface area contributed by atoms with Crippen LogP contribution in [0.25, 0.3) is 0 Å². The van der Waals surface area contributed by atoms with Crippen molar-refractivity contribution in [1.29, 1.82) is 0 Å². The molecule has 0 aromatic heterocycles. The number of hydrogen-bond donors (Lipinski definition) is 7. The van der Waals surface area contributed by atoms with Crippen molar-refractivity contribution < 1.29 is 58.7 Å². The quantitative estimate of drug-likeness (QED) is 0.191. The molecule has 3 heterocycles. The monoisotopic (exact) mass is 706 g/mol. The molecule has 9 N–H and O–H groups in total. The van der Waals surface area contributed by atoms with Crippen LogP contribution < -0.4 is 11.5 Å². The van der Waals surface area contributed by atoms with E-state index in [9.17, 15) is 30.3 Å². The predicted molar refractivity (Wildman–Crippen MR) is 180 cm³/mol. The van der Waals surface area contributed by atoms with E-state index in [1.165, 1.54) is 14.0 Å². The minimum atomic E-state index is -1.86. The van der Waals surface area contributed by atoms with Crippen LogP contribution >= 0.6 is 0 Å². The maximum Gasteiger partial charge on any atom is 0.311 e. The molecular formula is C35H66N2O12. The molecule has 0 aliphatic carbocycles. The first kappa shape index (κ1) is 42.4. The number of methoxy groups -OCH3 is 1. The number of aliphatic hydroxyl groups is 5. The van der Waals surface area contributed by atoms with Gasteiger partial charge in [0.25, 0.3) is 0 Å². The van der Waals surface area contributed by atoms with Gasteiger partial charge in [0, 0.05) is 37.5 Å². The average Bonchev–Trinajstić information content (AvgIpc) is 3.02. The Morgan fingerprint density at radius 2 is 1.51 bits per heavy atom. The zero-order valence-electron chi connectivity index (χ0n) is 31.3. The maximum absolute atomic E-state index is 14.0. The second-order valence-electron chi connectivity index (χ2n) is 15.9. The molecule has 3 aliphatic rings. The Morgan fingerprint density at radius 1 is 0.898 bits per heavy atom. The molecule has 3 rings (SSSR count). The molecule has 14 heteroatoms. The highest BCUT2D eigenvalue weighted by Crippen LogP contribution is 2.40. The number of cyclic esters (lactones) is 1. The highest BCUT2D eigenvalue weighted by molar-refractivity contribution is 5.73. The molecule has 0 spiro atoms. The Morgan fingerprint density at radius 3 is 2.08 bits per heavy atom. The zero-order valence-corrected chi connectivity index (χ0v) is 31.3. The van der Waals surface area contributed by atoms with Gasteiger partial charge >= 0.3 is 5.97 Å². The zero-order chi connectivity index (χ0) is 37.4. The lowest BCUT2D eigenvalue weighted by molar-refractivity contribution is -0.315. The standard InChI is InChI=1S/C35H66N2O12/c1-12-23-35(10,43)28(39)18(4)25(37)16(2)14-33(8,42)30(49-32-26(38)22(36)13-17(3)45-32)19(5)27(20(6)31(41)47-23)48-24-15-34(9,44-11)29(40)21(7)46-24/h16-30,32,38-40,42-43H,12-15,36-37H2,1-11H3. The molecular weight excluding hydrogens is 640 g/mol. The molecule has 0 radical (unpaired) electrons. The van der Waals surface area contributed by atoms with Crippen LogP contribution in [0.4, 0.5) is 0 Å². The molecule has 0 bridgehead atoms. The summed E-state index contributed by atoms with van der Waals surface area (Å²) >= 11 is 0. The van der Waals surface area contributed by atoms with Crippen LogP contribution in [-0.4, -0.2) is 129 Å². The van der Waals surface area contributed by atoms with E-state index in [1.54, 1.807) is 48.5 Å². The first-order valence-corrected chi connectivity index (χ1v) is 17.9. The van der Waals surface area contributed by atoms with E-state index >= 15 is 0 Å². The summed E-state index contributed by atoms with van der Waals surface area (Å²) in [7, 11) is 1.49. The van der Waals surface area contributed by atoms with Crippen molar-refractivity contribution in [3.63, 3.8) is 0 Å². The molecule has 3 fully saturated rings. The number of carbonyl (C=O) groups excluding carboxylic acids is 1. The molecule has 0 saturated carbocycles. The Kier molecular flexibility index (Phi) is 14.1. The van der Waals surface area contributed by atoms with Gasteiger partial charge in [-0.3, -0.25) is 4.79 Å². The van der Waals surface area contributed by atoms with Gasteiger partial charge in [0.1, 0.15) is 23.9 Å². The van der Waals surface area contributed by atoms with E-state index in [2.05, 4.69) is 0 Å². The lowest BCUT2D eigenvalue weighted by Gasteiger charge is -2.49. The van der Waals surface area contributed by atoms with Gasteiger partial charge < -0.3 is 65.4 Å². The number of esters is 1. The predicted octanol–water partition coefficient (Wildman–Crippen LogP) is 0.941. The van der Waals surface area contributed by atoms with Crippen LogP contribution in [0.1, 0.15) is 94.9 Å². The fourth-order valence-corrected chi connectivity index (χ4v) is 8.18. The van der Waals surface area contributed by atoms with Crippen molar-refractivity contribution in [3.05, 3.63) is 0 Å². The van der Waals surface area contributed by atoms with Crippen LogP contribution in [0.3, 0.4) is 0 Å². The van der Waals surface area contributed by atoms with E-state index in [4.69, 9.17) is 39.9 Å². The fraction of sp³-hybridized carbons (Fsp3) is 0.971. The second kappa shape index (κ2) is 16.3. The van der Waals surface area contributed by atoms with Crippen LogP contribution in [0.2, 0.25) is 0 Å². The van der Waals surface area contributed by atoms with Crippen molar-refractivity contribution in [3.8, 4) is 0 Å². The summed E-state index contributed by atoms with van der Waals surface area (Å²) in [5, 5.41) is 57.3. The van der Waals surface area contributed by atoms with Crippen LogP contribution in [0, 0.1) is 23.7 Å². The SMILES string of the molecule is CCC1OC(=O)C(C)C(OC2CC(C)(OC)C(O)C(C)O2)C(C)C(OC2OC(C)CC(N)C2O)C(C)(O)CC(C)C(N)C(C)C(O)C1(C)O. The third kappa shape index (κ3) is 9.14. The molecule has 0 aromatic carbocycles. The van der Waals surface area contributed by atoms with E-state index in [1.807, 2.05) is 13.8 Å². The van der Waals surface area contributed by atoms with Gasteiger partial charge in [0.2, 0.25) is 0 Å². The lowest BCUT2D eigenvalue weighted by atomic mass is 9.72. The summed E-state index contributed by atoms with van der Waals surface area (Å²) in [6.45, 7) is 16.9. The van der Waals surface area contributed by atoms with Gasteiger partial charge in [-0.15, -0.1) is 0 Å². The number of rotatable bonds is 6. The van der Waals surface area contributed by atoms with Crippen LogP contribution in [0.15, 0.2) is 0 Å². The smallest absolute Gasteiger partial charge is 0.311 e. The summed E-state index contributed by atoms with van der Waals surface area (Å²) in [4.78, 5) is 14.0. The summed E-state index contributed by atoms with van der Waals surface area (Å²) in [5.41, 5.74) is 8.37. The molecule has 0 amide bonds. The Hall–Kier alpha value is -1.01. The number of ether oxygens (including phenoxy) is 6.